The molecule has 1 N–H and O–H groups in total. The lowest BCUT2D eigenvalue weighted by atomic mass is 9.78. The van der Waals surface area contributed by atoms with Gasteiger partial charge < -0.3 is 5.32 Å². The summed E-state index contributed by atoms with van der Waals surface area (Å²) in [6.45, 7) is 4.48. The number of allylic oxidation sites excluding steroid dienone is 2. The van der Waals surface area contributed by atoms with Gasteiger partial charge in [0, 0.05) is 42.8 Å². The minimum absolute atomic E-state index is 0.129. The van der Waals surface area contributed by atoms with Crippen LogP contribution in [0.3, 0.4) is 0 Å². The van der Waals surface area contributed by atoms with Crippen LogP contribution in [0, 0.1) is 11.7 Å². The van der Waals surface area contributed by atoms with Crippen LogP contribution in [0.2, 0.25) is 0 Å². The van der Waals surface area contributed by atoms with Crippen molar-refractivity contribution in [1.29, 1.82) is 0 Å². The Hall–Kier alpha value is -3.28. The van der Waals surface area contributed by atoms with Gasteiger partial charge in [0.1, 0.15) is 5.82 Å². The Morgan fingerprint density at radius 2 is 2.06 bits per heavy atom. The highest BCUT2D eigenvalue weighted by molar-refractivity contribution is 5.76. The highest BCUT2D eigenvalue weighted by Gasteiger charge is 2.37. The van der Waals surface area contributed by atoms with Crippen LogP contribution in [0.1, 0.15) is 75.1 Å². The van der Waals surface area contributed by atoms with Crippen molar-refractivity contribution in [1.82, 2.24) is 20.1 Å². The van der Waals surface area contributed by atoms with E-state index in [0.29, 0.717) is 18.3 Å². The first-order valence-corrected chi connectivity index (χ1v) is 13.3. The number of hydrogen-bond acceptors (Lipinski definition) is 3. The number of hydrogen-bond donors (Lipinski definition) is 1. The molecule has 0 aliphatic heterocycles. The van der Waals surface area contributed by atoms with E-state index in [4.69, 9.17) is 0 Å². The molecule has 2 aliphatic carbocycles. The van der Waals surface area contributed by atoms with Crippen molar-refractivity contribution in [2.45, 2.75) is 77.2 Å². The zero-order chi connectivity index (χ0) is 25.1. The number of nitrogens with zero attached hydrogens (tertiary/aromatic N) is 3. The lowest BCUT2D eigenvalue weighted by molar-refractivity contribution is -0.121. The summed E-state index contributed by atoms with van der Waals surface area (Å²) in [6, 6.07) is 10.7. The average Bonchev–Trinajstić information content (AvgIpc) is 3.49. The Morgan fingerprint density at radius 3 is 2.81 bits per heavy atom. The molecule has 2 aliphatic rings. The maximum Gasteiger partial charge on any atom is 0.220 e. The lowest BCUT2D eigenvalue weighted by Crippen LogP contribution is -2.36. The molecular formula is C30H35FN4O. The minimum Gasteiger partial charge on any atom is -0.353 e. The van der Waals surface area contributed by atoms with E-state index in [-0.39, 0.29) is 17.8 Å². The monoisotopic (exact) mass is 486 g/mol. The number of nitrogens with one attached hydrogen (secondary N) is 1. The number of pyridine rings is 1. The van der Waals surface area contributed by atoms with Gasteiger partial charge in [0.25, 0.3) is 0 Å². The zero-order valence-electron chi connectivity index (χ0n) is 21.2. The number of amides is 1. The summed E-state index contributed by atoms with van der Waals surface area (Å²) in [6.07, 6.45) is 13.0. The molecule has 0 saturated heterocycles. The summed E-state index contributed by atoms with van der Waals surface area (Å²) in [5, 5.41) is 8.03. The van der Waals surface area contributed by atoms with E-state index in [1.165, 1.54) is 29.0 Å². The van der Waals surface area contributed by atoms with Crippen LogP contribution in [0.5, 0.6) is 0 Å². The molecule has 2 heterocycles. The molecule has 188 valence electrons. The van der Waals surface area contributed by atoms with Gasteiger partial charge >= 0.3 is 0 Å². The number of carbonyl (C=O) groups is 1. The number of halogens is 1. The second-order valence-corrected chi connectivity index (χ2v) is 10.3. The van der Waals surface area contributed by atoms with Crippen molar-refractivity contribution in [3.05, 3.63) is 88.8 Å². The van der Waals surface area contributed by atoms with Gasteiger partial charge in [0.2, 0.25) is 5.91 Å². The van der Waals surface area contributed by atoms with Gasteiger partial charge in [-0.25, -0.2) is 9.07 Å². The summed E-state index contributed by atoms with van der Waals surface area (Å²) in [4.78, 5) is 16.9. The molecule has 3 atom stereocenters. The standard InChI is InChI=1S/C30H35FN4O/c1-3-5-25(34-29(36)14-7-21-6-4-15-32-18-21)16-22-8-9-23-17-28-27(20(2)30(22)23)19-33-35(28)26-12-10-24(31)11-13-26/h4,6,10-13,15,18-20,22,25H,3,5,7-9,14,16-17H2,1-2H3,(H,34,36)/t20-,22+,25?/m0/s1. The van der Waals surface area contributed by atoms with E-state index in [9.17, 15) is 9.18 Å². The fraction of sp³-hybridized carbons (Fsp3) is 0.433. The normalized spacial score (nSPS) is 19.6. The van der Waals surface area contributed by atoms with Gasteiger partial charge in [0.05, 0.1) is 17.6 Å². The van der Waals surface area contributed by atoms with Crippen molar-refractivity contribution in [2.75, 3.05) is 0 Å². The van der Waals surface area contributed by atoms with E-state index >= 15 is 0 Å². The average molecular weight is 487 g/mol. The van der Waals surface area contributed by atoms with Gasteiger partial charge in [-0.3, -0.25) is 9.78 Å². The molecule has 3 aromatic rings. The van der Waals surface area contributed by atoms with Crippen LogP contribution >= 0.6 is 0 Å². The Kier molecular flexibility index (Phi) is 7.30. The maximum absolute atomic E-state index is 13.4. The first-order chi connectivity index (χ1) is 17.5. The van der Waals surface area contributed by atoms with E-state index in [0.717, 1.165) is 56.2 Å². The molecule has 0 spiro atoms. The summed E-state index contributed by atoms with van der Waals surface area (Å²) in [5.41, 5.74) is 7.59. The molecule has 0 bridgehead atoms. The van der Waals surface area contributed by atoms with Crippen molar-refractivity contribution >= 4 is 5.91 Å². The molecule has 0 radical (unpaired) electrons. The second-order valence-electron chi connectivity index (χ2n) is 10.3. The predicted octanol–water partition coefficient (Wildman–Crippen LogP) is 6.08. The molecule has 36 heavy (non-hydrogen) atoms. The van der Waals surface area contributed by atoms with Crippen LogP contribution in [-0.4, -0.2) is 26.7 Å². The molecule has 6 heteroatoms. The molecule has 0 fully saturated rings. The number of aromatic nitrogens is 3. The van der Waals surface area contributed by atoms with E-state index < -0.39 is 0 Å². The number of carbonyl (C=O) groups excluding carboxylic acids is 1. The molecule has 1 amide bonds. The quantitative estimate of drug-likeness (QED) is 0.373. The molecule has 2 aromatic heterocycles. The van der Waals surface area contributed by atoms with Crippen molar-refractivity contribution in [3.8, 4) is 5.69 Å². The summed E-state index contributed by atoms with van der Waals surface area (Å²) in [7, 11) is 0. The molecule has 5 rings (SSSR count). The maximum atomic E-state index is 13.4. The van der Waals surface area contributed by atoms with Crippen molar-refractivity contribution in [2.24, 2.45) is 5.92 Å². The largest absolute Gasteiger partial charge is 0.353 e. The highest BCUT2D eigenvalue weighted by Crippen LogP contribution is 2.48. The number of fused-ring (bicyclic) bond motifs is 1. The van der Waals surface area contributed by atoms with E-state index in [1.807, 2.05) is 29.2 Å². The van der Waals surface area contributed by atoms with Gasteiger partial charge in [-0.15, -0.1) is 0 Å². The Labute approximate surface area is 212 Å². The fourth-order valence-electron chi connectivity index (χ4n) is 6.18. The zero-order valence-corrected chi connectivity index (χ0v) is 21.2. The molecule has 1 unspecified atom stereocenters. The topological polar surface area (TPSA) is 59.8 Å². The van der Waals surface area contributed by atoms with Gasteiger partial charge in [-0.05, 0) is 73.9 Å². The van der Waals surface area contributed by atoms with Gasteiger partial charge in [-0.1, -0.05) is 37.5 Å². The van der Waals surface area contributed by atoms with Crippen LogP contribution in [0.15, 0.2) is 66.1 Å². The Balaban J connectivity index is 1.26. The van der Waals surface area contributed by atoms with E-state index in [2.05, 4.69) is 29.2 Å². The third-order valence-electron chi connectivity index (χ3n) is 7.86. The SMILES string of the molecule is CCCC(C[C@H]1CCC2=C1[C@@H](C)c1cnn(-c3ccc(F)cc3)c1C2)NC(=O)CCc1cccnc1. The summed E-state index contributed by atoms with van der Waals surface area (Å²) < 4.78 is 15.4. The Morgan fingerprint density at radius 1 is 1.22 bits per heavy atom. The van der Waals surface area contributed by atoms with Gasteiger partial charge in [-0.2, -0.15) is 5.10 Å². The summed E-state index contributed by atoms with van der Waals surface area (Å²) >= 11 is 0. The minimum atomic E-state index is -0.234. The van der Waals surface area contributed by atoms with Gasteiger partial charge in [0.15, 0.2) is 0 Å². The molecule has 1 aromatic carbocycles. The third-order valence-corrected chi connectivity index (χ3v) is 7.86. The summed E-state index contributed by atoms with van der Waals surface area (Å²) in [5.74, 6) is 0.702. The highest BCUT2D eigenvalue weighted by atomic mass is 19.1. The smallest absolute Gasteiger partial charge is 0.220 e. The molecular weight excluding hydrogens is 451 g/mol. The van der Waals surface area contributed by atoms with Crippen LogP contribution < -0.4 is 5.32 Å². The Bertz CT molecular complexity index is 1230. The predicted molar refractivity (Wildman–Crippen MR) is 139 cm³/mol. The number of benzene rings is 1. The number of aryl methyl sites for hydroxylation is 1. The lowest BCUT2D eigenvalue weighted by Gasteiger charge is -2.29. The molecule has 0 saturated carbocycles. The third kappa shape index (κ3) is 5.13. The van der Waals surface area contributed by atoms with Crippen molar-refractivity contribution < 1.29 is 9.18 Å². The molecule has 5 nitrogen and oxygen atoms in total. The fourth-order valence-corrected chi connectivity index (χ4v) is 6.18. The first-order valence-electron chi connectivity index (χ1n) is 13.3. The van der Waals surface area contributed by atoms with Crippen molar-refractivity contribution in [3.63, 3.8) is 0 Å². The van der Waals surface area contributed by atoms with Crippen LogP contribution in [0.4, 0.5) is 4.39 Å². The number of rotatable bonds is 9. The van der Waals surface area contributed by atoms with E-state index in [1.54, 1.807) is 23.9 Å². The second kappa shape index (κ2) is 10.8. The first kappa shape index (κ1) is 24.4. The van der Waals surface area contributed by atoms with Crippen LogP contribution in [-0.2, 0) is 17.6 Å². The van der Waals surface area contributed by atoms with Crippen LogP contribution in [0.25, 0.3) is 5.69 Å².